The molecular weight excluding hydrogens is 236 g/mol. The molecule has 2 rings (SSSR count). The fourth-order valence-electron chi connectivity index (χ4n) is 3.86. The van der Waals surface area contributed by atoms with Crippen molar-refractivity contribution in [2.45, 2.75) is 77.2 Å². The molecule has 1 saturated heterocycles. The van der Waals surface area contributed by atoms with Gasteiger partial charge in [-0.2, -0.15) is 0 Å². The lowest BCUT2D eigenvalue weighted by Gasteiger charge is -2.44. The van der Waals surface area contributed by atoms with E-state index in [-0.39, 0.29) is 11.9 Å². The zero-order valence-corrected chi connectivity index (χ0v) is 12.5. The summed E-state index contributed by atoms with van der Waals surface area (Å²) >= 11 is 0. The summed E-state index contributed by atoms with van der Waals surface area (Å²) in [5, 5.41) is 0. The average Bonchev–Trinajstić information content (AvgIpc) is 2.40. The Morgan fingerprint density at radius 1 is 1.16 bits per heavy atom. The van der Waals surface area contributed by atoms with Gasteiger partial charge in [-0.05, 0) is 37.5 Å². The van der Waals surface area contributed by atoms with Crippen LogP contribution in [0.3, 0.4) is 0 Å². The maximum Gasteiger partial charge on any atom is 0.224 e. The Kier molecular flexibility index (Phi) is 5.26. The Hall–Kier alpha value is -0.570. The first-order chi connectivity index (χ1) is 9.15. The zero-order chi connectivity index (χ0) is 13.7. The molecule has 1 aliphatic heterocycles. The molecular formula is C16H30N2O. The molecule has 3 heteroatoms. The van der Waals surface area contributed by atoms with E-state index in [0.717, 1.165) is 25.9 Å². The first kappa shape index (κ1) is 14.8. The summed E-state index contributed by atoms with van der Waals surface area (Å²) in [6.07, 6.45) is 12.0. The molecule has 1 saturated carbocycles. The Morgan fingerprint density at radius 3 is 2.37 bits per heavy atom. The monoisotopic (exact) mass is 266 g/mol. The predicted octanol–water partition coefficient (Wildman–Crippen LogP) is 3.08. The van der Waals surface area contributed by atoms with Crippen LogP contribution >= 0.6 is 0 Å². The maximum atomic E-state index is 12.2. The number of amides is 1. The second-order valence-corrected chi connectivity index (χ2v) is 6.69. The van der Waals surface area contributed by atoms with E-state index in [4.69, 9.17) is 5.73 Å². The number of nitrogens with two attached hydrogens (primary N) is 1. The van der Waals surface area contributed by atoms with Crippen LogP contribution in [-0.4, -0.2) is 29.9 Å². The van der Waals surface area contributed by atoms with Crippen LogP contribution in [0.2, 0.25) is 0 Å². The van der Waals surface area contributed by atoms with E-state index in [0.29, 0.717) is 11.8 Å². The van der Waals surface area contributed by atoms with Crippen LogP contribution in [0.5, 0.6) is 0 Å². The molecule has 1 atom stereocenters. The van der Waals surface area contributed by atoms with Crippen molar-refractivity contribution < 1.29 is 4.79 Å². The fourth-order valence-corrected chi connectivity index (χ4v) is 3.86. The first-order valence-corrected chi connectivity index (χ1v) is 8.18. The molecule has 0 aromatic heterocycles. The van der Waals surface area contributed by atoms with E-state index in [2.05, 4.69) is 11.8 Å². The van der Waals surface area contributed by atoms with Gasteiger partial charge < -0.3 is 10.6 Å². The summed E-state index contributed by atoms with van der Waals surface area (Å²) < 4.78 is 0. The summed E-state index contributed by atoms with van der Waals surface area (Å²) in [6, 6.07) is 0.0584. The Balaban J connectivity index is 1.77. The number of rotatable bonds is 4. The molecule has 0 bridgehead atoms. The molecule has 110 valence electrons. The minimum absolute atomic E-state index is 0.0584. The Morgan fingerprint density at radius 2 is 1.79 bits per heavy atom. The number of carbonyl (C=O) groups is 1. The summed E-state index contributed by atoms with van der Waals surface area (Å²) in [4.78, 5) is 14.3. The van der Waals surface area contributed by atoms with Gasteiger partial charge in [0.2, 0.25) is 5.91 Å². The molecule has 2 aliphatic rings. The van der Waals surface area contributed by atoms with Crippen molar-refractivity contribution in [3.63, 3.8) is 0 Å². The van der Waals surface area contributed by atoms with Crippen LogP contribution in [0.4, 0.5) is 0 Å². The lowest BCUT2D eigenvalue weighted by molar-refractivity contribution is -0.134. The fraction of sp³-hybridized carbons (Fsp3) is 0.938. The van der Waals surface area contributed by atoms with Crippen molar-refractivity contribution >= 4 is 5.91 Å². The van der Waals surface area contributed by atoms with Crippen LogP contribution < -0.4 is 5.73 Å². The molecule has 3 nitrogen and oxygen atoms in total. The summed E-state index contributed by atoms with van der Waals surface area (Å²) in [5.41, 5.74) is 6.56. The van der Waals surface area contributed by atoms with Crippen LogP contribution in [0.25, 0.3) is 0 Å². The normalized spacial score (nSPS) is 24.4. The van der Waals surface area contributed by atoms with E-state index in [1.165, 1.54) is 44.9 Å². The number of carbonyl (C=O) groups excluding carboxylic acids is 1. The quantitative estimate of drug-likeness (QED) is 0.850. The summed E-state index contributed by atoms with van der Waals surface area (Å²) in [7, 11) is 0. The van der Waals surface area contributed by atoms with Gasteiger partial charge >= 0.3 is 0 Å². The third-order valence-corrected chi connectivity index (χ3v) is 5.19. The molecule has 0 radical (unpaired) electrons. The second-order valence-electron chi connectivity index (χ2n) is 6.69. The van der Waals surface area contributed by atoms with Gasteiger partial charge in [0.15, 0.2) is 0 Å². The van der Waals surface area contributed by atoms with Gasteiger partial charge in [-0.15, -0.1) is 0 Å². The van der Waals surface area contributed by atoms with E-state index < -0.39 is 0 Å². The summed E-state index contributed by atoms with van der Waals surface area (Å²) in [6.45, 7) is 4.06. The van der Waals surface area contributed by atoms with Crippen molar-refractivity contribution in [2.75, 3.05) is 13.1 Å². The van der Waals surface area contributed by atoms with Gasteiger partial charge in [-0.3, -0.25) is 4.79 Å². The van der Waals surface area contributed by atoms with Crippen molar-refractivity contribution in [2.24, 2.45) is 11.1 Å². The number of nitrogens with zero attached hydrogens (tertiary/aromatic N) is 1. The van der Waals surface area contributed by atoms with Gasteiger partial charge in [0.25, 0.3) is 0 Å². The second kappa shape index (κ2) is 6.74. The SMILES string of the molecule is CCCC(N)CC(=O)N1CCC2(CCCCC2)CC1. The third kappa shape index (κ3) is 3.95. The molecule has 2 fully saturated rings. The summed E-state index contributed by atoms with van der Waals surface area (Å²) in [5.74, 6) is 0.284. The molecule has 0 aromatic rings. The lowest BCUT2D eigenvalue weighted by atomic mass is 9.68. The highest BCUT2D eigenvalue weighted by molar-refractivity contribution is 5.76. The topological polar surface area (TPSA) is 46.3 Å². The third-order valence-electron chi connectivity index (χ3n) is 5.19. The van der Waals surface area contributed by atoms with Crippen molar-refractivity contribution in [3.8, 4) is 0 Å². The van der Waals surface area contributed by atoms with Gasteiger partial charge in [-0.25, -0.2) is 0 Å². The highest BCUT2D eigenvalue weighted by Crippen LogP contribution is 2.44. The van der Waals surface area contributed by atoms with Gasteiger partial charge in [-0.1, -0.05) is 32.6 Å². The molecule has 1 spiro atoms. The minimum Gasteiger partial charge on any atom is -0.343 e. The van der Waals surface area contributed by atoms with Crippen molar-refractivity contribution in [3.05, 3.63) is 0 Å². The predicted molar refractivity (Wildman–Crippen MR) is 78.8 cm³/mol. The van der Waals surface area contributed by atoms with Crippen molar-refractivity contribution in [1.82, 2.24) is 4.90 Å². The smallest absolute Gasteiger partial charge is 0.224 e. The zero-order valence-electron chi connectivity index (χ0n) is 12.5. The van der Waals surface area contributed by atoms with E-state index >= 15 is 0 Å². The molecule has 1 aliphatic carbocycles. The lowest BCUT2D eigenvalue weighted by Crippen LogP contribution is -2.45. The number of piperidine rings is 1. The molecule has 1 amide bonds. The van der Waals surface area contributed by atoms with Gasteiger partial charge in [0.05, 0.1) is 0 Å². The highest BCUT2D eigenvalue weighted by atomic mass is 16.2. The van der Waals surface area contributed by atoms with Crippen LogP contribution in [0, 0.1) is 5.41 Å². The molecule has 1 unspecified atom stereocenters. The largest absolute Gasteiger partial charge is 0.343 e. The Labute approximate surface area is 117 Å². The van der Waals surface area contributed by atoms with E-state index in [1.807, 2.05) is 0 Å². The van der Waals surface area contributed by atoms with Crippen LogP contribution in [0.15, 0.2) is 0 Å². The van der Waals surface area contributed by atoms with Gasteiger partial charge in [0.1, 0.15) is 0 Å². The molecule has 19 heavy (non-hydrogen) atoms. The Bertz CT molecular complexity index is 287. The number of likely N-dealkylation sites (tertiary alicyclic amines) is 1. The molecule has 1 heterocycles. The average molecular weight is 266 g/mol. The van der Waals surface area contributed by atoms with E-state index in [1.54, 1.807) is 0 Å². The maximum absolute atomic E-state index is 12.2. The number of hydrogen-bond donors (Lipinski definition) is 1. The van der Waals surface area contributed by atoms with E-state index in [9.17, 15) is 4.79 Å². The standard InChI is InChI=1S/C16H30N2O/c1-2-6-14(17)13-15(19)18-11-9-16(10-12-18)7-4-3-5-8-16/h14H,2-13,17H2,1H3. The minimum atomic E-state index is 0.0584. The molecule has 2 N–H and O–H groups in total. The van der Waals surface area contributed by atoms with Crippen molar-refractivity contribution in [1.29, 1.82) is 0 Å². The molecule has 0 aromatic carbocycles. The first-order valence-electron chi connectivity index (χ1n) is 8.18. The van der Waals surface area contributed by atoms with Crippen LogP contribution in [0.1, 0.15) is 71.1 Å². The van der Waals surface area contributed by atoms with Crippen LogP contribution in [-0.2, 0) is 4.79 Å². The highest BCUT2D eigenvalue weighted by Gasteiger charge is 2.36. The number of hydrogen-bond acceptors (Lipinski definition) is 2. The van der Waals surface area contributed by atoms with Gasteiger partial charge in [0, 0.05) is 25.6 Å².